The highest BCUT2D eigenvalue weighted by atomic mass is 19.1. The van der Waals surface area contributed by atoms with Gasteiger partial charge in [-0.05, 0) is 19.1 Å². The van der Waals surface area contributed by atoms with E-state index in [0.717, 1.165) is 49.4 Å². The monoisotopic (exact) mass is 418 g/mol. The molecule has 1 fully saturated rings. The number of carbonyl (C=O) groups excluding carboxylic acids is 2. The molecule has 160 valence electrons. The van der Waals surface area contributed by atoms with Crippen LogP contribution in [0.4, 0.5) is 14.5 Å². The van der Waals surface area contributed by atoms with Crippen LogP contribution in [0.1, 0.15) is 17.2 Å². The van der Waals surface area contributed by atoms with Gasteiger partial charge in [0.1, 0.15) is 43.9 Å². The van der Waals surface area contributed by atoms with Gasteiger partial charge < -0.3 is 20.4 Å². The molecule has 0 unspecified atom stereocenters. The fourth-order valence-electron chi connectivity index (χ4n) is 3.69. The number of piperazine rings is 1. The van der Waals surface area contributed by atoms with Crippen LogP contribution in [0.5, 0.6) is 0 Å². The van der Waals surface area contributed by atoms with Crippen LogP contribution in [0.2, 0.25) is 0 Å². The maximum absolute atomic E-state index is 13.7. The summed E-state index contributed by atoms with van der Waals surface area (Å²) >= 11 is 0. The fourth-order valence-corrected chi connectivity index (χ4v) is 3.69. The van der Waals surface area contributed by atoms with Crippen LogP contribution < -0.4 is 20.4 Å². The van der Waals surface area contributed by atoms with Crippen molar-refractivity contribution >= 4 is 17.5 Å². The SMILES string of the molecule is Cc1ccc([C@H](CNC(=O)C(=O)Nc2ccc(F)cc2F)[NH+]2CC[NH+](C)CC2)cc1. The quantitative estimate of drug-likeness (QED) is 0.494. The predicted molar refractivity (Wildman–Crippen MR) is 109 cm³/mol. The summed E-state index contributed by atoms with van der Waals surface area (Å²) in [7, 11) is 2.17. The Labute approximate surface area is 174 Å². The second kappa shape index (κ2) is 9.77. The molecule has 6 nitrogen and oxygen atoms in total. The summed E-state index contributed by atoms with van der Waals surface area (Å²) in [6.07, 6.45) is 0. The molecule has 8 heteroatoms. The zero-order valence-electron chi connectivity index (χ0n) is 17.2. The number of quaternary nitrogens is 2. The van der Waals surface area contributed by atoms with E-state index in [1.807, 2.05) is 19.1 Å². The van der Waals surface area contributed by atoms with Gasteiger partial charge in [-0.25, -0.2) is 8.78 Å². The van der Waals surface area contributed by atoms with Crippen LogP contribution in [0.15, 0.2) is 42.5 Å². The number of halogens is 2. The number of amides is 2. The van der Waals surface area contributed by atoms with Gasteiger partial charge in [0.25, 0.3) is 0 Å². The van der Waals surface area contributed by atoms with Crippen molar-refractivity contribution in [2.75, 3.05) is 45.1 Å². The van der Waals surface area contributed by atoms with Crippen molar-refractivity contribution in [3.63, 3.8) is 0 Å². The lowest BCUT2D eigenvalue weighted by atomic mass is 10.0. The van der Waals surface area contributed by atoms with E-state index >= 15 is 0 Å². The third-order valence-corrected chi connectivity index (χ3v) is 5.57. The summed E-state index contributed by atoms with van der Waals surface area (Å²) in [4.78, 5) is 27.3. The molecule has 4 N–H and O–H groups in total. The number of benzene rings is 2. The van der Waals surface area contributed by atoms with E-state index < -0.39 is 23.4 Å². The number of nitrogens with one attached hydrogen (secondary N) is 4. The summed E-state index contributed by atoms with van der Waals surface area (Å²) in [5.41, 5.74) is 2.01. The molecule has 1 heterocycles. The molecule has 0 bridgehead atoms. The lowest BCUT2D eigenvalue weighted by Gasteiger charge is -2.33. The summed E-state index contributed by atoms with van der Waals surface area (Å²) in [6, 6.07) is 10.9. The second-order valence-corrected chi connectivity index (χ2v) is 7.87. The Bertz CT molecular complexity index is 897. The molecule has 0 saturated carbocycles. The predicted octanol–water partition coefficient (Wildman–Crippen LogP) is -0.518. The van der Waals surface area contributed by atoms with Gasteiger partial charge in [0, 0.05) is 11.6 Å². The van der Waals surface area contributed by atoms with Crippen molar-refractivity contribution in [1.82, 2.24) is 5.32 Å². The molecule has 0 radical (unpaired) electrons. The average molecular weight is 418 g/mol. The molecule has 2 amide bonds. The Morgan fingerprint density at radius 3 is 2.30 bits per heavy atom. The first-order valence-corrected chi connectivity index (χ1v) is 10.1. The smallest absolute Gasteiger partial charge is 0.313 e. The molecular formula is C22H28F2N4O2+2. The number of rotatable bonds is 5. The Balaban J connectivity index is 1.65. The van der Waals surface area contributed by atoms with Crippen molar-refractivity contribution in [2.45, 2.75) is 13.0 Å². The van der Waals surface area contributed by atoms with Gasteiger partial charge in [-0.15, -0.1) is 0 Å². The minimum Gasteiger partial charge on any atom is -0.341 e. The highest BCUT2D eigenvalue weighted by Gasteiger charge is 2.30. The van der Waals surface area contributed by atoms with Crippen molar-refractivity contribution < 1.29 is 28.2 Å². The number of hydrogen-bond acceptors (Lipinski definition) is 2. The van der Waals surface area contributed by atoms with Gasteiger partial charge in [-0.1, -0.05) is 29.8 Å². The van der Waals surface area contributed by atoms with Crippen LogP contribution in [0, 0.1) is 18.6 Å². The van der Waals surface area contributed by atoms with Gasteiger partial charge in [0.2, 0.25) is 0 Å². The standard InChI is InChI=1S/C22H26F2N4O2/c1-15-3-5-16(6-4-15)20(28-11-9-27(2)10-12-28)14-25-21(29)22(30)26-19-8-7-17(23)13-18(19)24/h3-8,13,20H,9-12,14H2,1-2H3,(H,25,29)(H,26,30)/p+2/t20-/m0/s1. The molecule has 1 atom stereocenters. The number of likely N-dealkylation sites (N-methyl/N-ethyl adjacent to an activating group) is 1. The minimum atomic E-state index is -0.985. The van der Waals surface area contributed by atoms with Crippen LogP contribution in [-0.2, 0) is 9.59 Å². The Morgan fingerprint density at radius 2 is 1.67 bits per heavy atom. The van der Waals surface area contributed by atoms with E-state index in [1.165, 1.54) is 9.80 Å². The van der Waals surface area contributed by atoms with E-state index in [2.05, 4.69) is 29.8 Å². The van der Waals surface area contributed by atoms with Crippen molar-refractivity contribution in [3.8, 4) is 0 Å². The van der Waals surface area contributed by atoms with Crippen molar-refractivity contribution in [1.29, 1.82) is 0 Å². The molecule has 0 spiro atoms. The molecule has 0 aromatic heterocycles. The van der Waals surface area contributed by atoms with Crippen molar-refractivity contribution in [3.05, 3.63) is 65.2 Å². The average Bonchev–Trinajstić information content (AvgIpc) is 2.72. The third kappa shape index (κ3) is 5.61. The maximum Gasteiger partial charge on any atom is 0.313 e. The zero-order chi connectivity index (χ0) is 21.7. The van der Waals surface area contributed by atoms with Crippen LogP contribution >= 0.6 is 0 Å². The topological polar surface area (TPSA) is 67.1 Å². The molecule has 1 saturated heterocycles. The number of anilines is 1. The lowest BCUT2D eigenvalue weighted by Crippen LogP contribution is -3.27. The summed E-state index contributed by atoms with van der Waals surface area (Å²) in [5.74, 6) is -3.53. The Kier molecular flexibility index (Phi) is 7.12. The number of carbonyl (C=O) groups is 2. The molecule has 30 heavy (non-hydrogen) atoms. The molecule has 0 aliphatic carbocycles. The first kappa shape index (κ1) is 21.9. The van der Waals surface area contributed by atoms with Crippen LogP contribution in [0.25, 0.3) is 0 Å². The van der Waals surface area contributed by atoms with Gasteiger partial charge in [-0.3, -0.25) is 9.59 Å². The number of hydrogen-bond donors (Lipinski definition) is 4. The first-order chi connectivity index (χ1) is 14.3. The summed E-state index contributed by atoms with van der Waals surface area (Å²) in [6.45, 7) is 6.31. The molecule has 3 rings (SSSR count). The fraction of sp³-hybridized carbons (Fsp3) is 0.364. The molecule has 1 aliphatic rings. The molecule has 2 aromatic carbocycles. The van der Waals surface area contributed by atoms with E-state index in [9.17, 15) is 18.4 Å². The molecular weight excluding hydrogens is 390 g/mol. The van der Waals surface area contributed by atoms with E-state index in [1.54, 1.807) is 0 Å². The third-order valence-electron chi connectivity index (χ3n) is 5.57. The normalized spacial score (nSPS) is 19.7. The lowest BCUT2D eigenvalue weighted by molar-refractivity contribution is -1.02. The van der Waals surface area contributed by atoms with Gasteiger partial charge >= 0.3 is 11.8 Å². The zero-order valence-corrected chi connectivity index (χ0v) is 17.2. The largest absolute Gasteiger partial charge is 0.341 e. The van der Waals surface area contributed by atoms with Gasteiger partial charge in [-0.2, -0.15) is 0 Å². The molecule has 2 aromatic rings. The van der Waals surface area contributed by atoms with Crippen LogP contribution in [-0.4, -0.2) is 51.6 Å². The number of aryl methyl sites for hydroxylation is 1. The van der Waals surface area contributed by atoms with Crippen LogP contribution in [0.3, 0.4) is 0 Å². The van der Waals surface area contributed by atoms with E-state index in [0.29, 0.717) is 6.07 Å². The van der Waals surface area contributed by atoms with Gasteiger partial charge in [0.05, 0.1) is 19.3 Å². The first-order valence-electron chi connectivity index (χ1n) is 10.1. The Hall–Kier alpha value is -2.84. The second-order valence-electron chi connectivity index (χ2n) is 7.87. The highest BCUT2D eigenvalue weighted by Crippen LogP contribution is 2.15. The molecule has 1 aliphatic heterocycles. The Morgan fingerprint density at radius 1 is 1.00 bits per heavy atom. The van der Waals surface area contributed by atoms with Crippen molar-refractivity contribution in [2.24, 2.45) is 0 Å². The maximum atomic E-state index is 13.7. The van der Waals surface area contributed by atoms with E-state index in [4.69, 9.17) is 0 Å². The summed E-state index contributed by atoms with van der Waals surface area (Å²) in [5, 5.41) is 4.87. The summed E-state index contributed by atoms with van der Waals surface area (Å²) < 4.78 is 26.7. The minimum absolute atomic E-state index is 0.0120. The highest BCUT2D eigenvalue weighted by molar-refractivity contribution is 6.39. The van der Waals surface area contributed by atoms with Gasteiger partial charge in [0.15, 0.2) is 0 Å². The van der Waals surface area contributed by atoms with E-state index in [-0.39, 0.29) is 18.3 Å².